The number of carbonyl (C=O) groups excluding carboxylic acids is 1. The van der Waals surface area contributed by atoms with Gasteiger partial charge in [-0.15, -0.1) is 0 Å². The summed E-state index contributed by atoms with van der Waals surface area (Å²) in [6.07, 6.45) is 0.922. The summed E-state index contributed by atoms with van der Waals surface area (Å²) in [5.74, 6) is -0.779. The molecule has 0 saturated carbocycles. The molecule has 0 radical (unpaired) electrons. The molecule has 178 valence electrons. The minimum absolute atomic E-state index is 0.130. The van der Waals surface area contributed by atoms with Crippen LogP contribution >= 0.6 is 0 Å². The van der Waals surface area contributed by atoms with Crippen molar-refractivity contribution in [2.45, 2.75) is 26.4 Å². The minimum Gasteiger partial charge on any atom is -0.353 e. The number of hydrogen-bond donors (Lipinski definition) is 1. The van der Waals surface area contributed by atoms with Gasteiger partial charge in [-0.25, -0.2) is 13.8 Å². The first-order chi connectivity index (χ1) is 16.9. The Bertz CT molecular complexity index is 1440. The Labute approximate surface area is 200 Å². The molecule has 4 aromatic rings. The molecule has 9 heteroatoms. The number of benzene rings is 2. The highest BCUT2D eigenvalue weighted by molar-refractivity contribution is 5.75. The van der Waals surface area contributed by atoms with Crippen molar-refractivity contribution in [1.29, 1.82) is 0 Å². The topological polar surface area (TPSA) is 98.9 Å². The highest BCUT2D eigenvalue weighted by Gasteiger charge is 2.09. The normalized spacial score (nSPS) is 10.8. The number of carbonyl (C=O) groups is 1. The molecule has 0 spiro atoms. The maximum Gasteiger partial charge on any atom is 0.267 e. The zero-order chi connectivity index (χ0) is 24.8. The maximum absolute atomic E-state index is 13.2. The molecule has 0 unspecified atom stereocenters. The monoisotopic (exact) mass is 473 g/mol. The Morgan fingerprint density at radius 3 is 1.94 bits per heavy atom. The molecular formula is C26H24FN5O3. The lowest BCUT2D eigenvalue weighted by molar-refractivity contribution is -0.121. The first-order valence-electron chi connectivity index (χ1n) is 11.2. The third-order valence-electron chi connectivity index (χ3n) is 5.47. The van der Waals surface area contributed by atoms with Gasteiger partial charge in [0.05, 0.1) is 17.9 Å². The van der Waals surface area contributed by atoms with Crippen LogP contribution in [0.5, 0.6) is 0 Å². The molecule has 0 saturated heterocycles. The summed E-state index contributed by atoms with van der Waals surface area (Å²) in [4.78, 5) is 36.8. The van der Waals surface area contributed by atoms with Crippen LogP contribution in [0.25, 0.3) is 22.5 Å². The lowest BCUT2D eigenvalue weighted by Gasteiger charge is -2.10. The van der Waals surface area contributed by atoms with Crippen LogP contribution in [-0.4, -0.2) is 32.0 Å². The molecule has 0 aliphatic carbocycles. The molecule has 2 aromatic carbocycles. The Hall–Kier alpha value is -4.40. The van der Waals surface area contributed by atoms with Crippen molar-refractivity contribution in [3.05, 3.63) is 105 Å². The van der Waals surface area contributed by atoms with Crippen molar-refractivity contribution < 1.29 is 9.18 Å². The molecule has 35 heavy (non-hydrogen) atoms. The molecule has 0 bridgehead atoms. The third kappa shape index (κ3) is 5.94. The van der Waals surface area contributed by atoms with Gasteiger partial charge in [0.25, 0.3) is 11.1 Å². The molecule has 0 atom stereocenters. The van der Waals surface area contributed by atoms with E-state index < -0.39 is 5.91 Å². The Morgan fingerprint density at radius 2 is 1.34 bits per heavy atom. The molecule has 2 aromatic heterocycles. The van der Waals surface area contributed by atoms with Gasteiger partial charge < -0.3 is 5.32 Å². The minimum atomic E-state index is -0.416. The van der Waals surface area contributed by atoms with Crippen molar-refractivity contribution in [2.24, 2.45) is 0 Å². The van der Waals surface area contributed by atoms with Crippen molar-refractivity contribution in [2.75, 3.05) is 6.54 Å². The van der Waals surface area contributed by atoms with Crippen LogP contribution in [0.15, 0.2) is 82.4 Å². The van der Waals surface area contributed by atoms with Gasteiger partial charge >= 0.3 is 0 Å². The first-order valence-corrected chi connectivity index (χ1v) is 11.2. The van der Waals surface area contributed by atoms with Gasteiger partial charge in [-0.05, 0) is 48.4 Å². The lowest BCUT2D eigenvalue weighted by Crippen LogP contribution is -2.36. The van der Waals surface area contributed by atoms with Gasteiger partial charge in [0.2, 0.25) is 5.91 Å². The zero-order valence-corrected chi connectivity index (χ0v) is 19.1. The van der Waals surface area contributed by atoms with E-state index >= 15 is 0 Å². The fourth-order valence-corrected chi connectivity index (χ4v) is 3.50. The molecule has 0 aliphatic heterocycles. The zero-order valence-electron chi connectivity index (χ0n) is 19.1. The molecular weight excluding hydrogens is 449 g/mol. The van der Waals surface area contributed by atoms with Gasteiger partial charge in [0, 0.05) is 29.8 Å². The quantitative estimate of drug-likeness (QED) is 0.424. The standard InChI is InChI=1S/C26H24FN5O3/c1-2-18-3-5-19(6-4-18)23-12-14-26(35)32(30-23)17-24(33)28-15-16-31-25(34)13-11-22(29-31)20-7-9-21(27)10-8-20/h3-14H,2,15-17H2,1H3,(H,28,33). The fraction of sp³-hybridized carbons (Fsp3) is 0.192. The molecule has 2 heterocycles. The Morgan fingerprint density at radius 1 is 0.800 bits per heavy atom. The average molecular weight is 474 g/mol. The second kappa shape index (κ2) is 10.7. The van der Waals surface area contributed by atoms with E-state index in [0.29, 0.717) is 17.0 Å². The second-order valence-corrected chi connectivity index (χ2v) is 7.90. The van der Waals surface area contributed by atoms with Gasteiger partial charge in [0.15, 0.2) is 0 Å². The second-order valence-electron chi connectivity index (χ2n) is 7.90. The van der Waals surface area contributed by atoms with Gasteiger partial charge in [-0.3, -0.25) is 14.4 Å². The SMILES string of the molecule is CCc1ccc(-c2ccc(=O)n(CC(=O)NCCn3nc(-c4ccc(F)cc4)ccc3=O)n2)cc1. The third-order valence-corrected chi connectivity index (χ3v) is 5.47. The van der Waals surface area contributed by atoms with Crippen molar-refractivity contribution in [3.63, 3.8) is 0 Å². The van der Waals surface area contributed by atoms with Crippen molar-refractivity contribution in [1.82, 2.24) is 24.9 Å². The van der Waals surface area contributed by atoms with Crippen LogP contribution in [0.3, 0.4) is 0 Å². The molecule has 0 aliphatic rings. The van der Waals surface area contributed by atoms with E-state index in [-0.39, 0.29) is 36.6 Å². The number of rotatable bonds is 8. The molecule has 4 rings (SSSR count). The predicted octanol–water partition coefficient (Wildman–Crippen LogP) is 2.65. The summed E-state index contributed by atoms with van der Waals surface area (Å²) < 4.78 is 15.5. The number of aromatic nitrogens is 4. The van der Waals surface area contributed by atoms with Crippen LogP contribution in [-0.2, 0) is 24.3 Å². The van der Waals surface area contributed by atoms with E-state index in [4.69, 9.17) is 0 Å². The Balaban J connectivity index is 1.39. The number of hydrogen-bond acceptors (Lipinski definition) is 5. The number of halogens is 1. The summed E-state index contributed by atoms with van der Waals surface area (Å²) >= 11 is 0. The van der Waals surface area contributed by atoms with E-state index in [9.17, 15) is 18.8 Å². The van der Waals surface area contributed by atoms with Crippen LogP contribution in [0.4, 0.5) is 4.39 Å². The van der Waals surface area contributed by atoms with E-state index in [0.717, 1.165) is 16.7 Å². The number of amides is 1. The van der Waals surface area contributed by atoms with E-state index in [1.807, 2.05) is 24.3 Å². The molecule has 1 N–H and O–H groups in total. The number of nitrogens with zero attached hydrogens (tertiary/aromatic N) is 4. The summed E-state index contributed by atoms with van der Waals surface area (Å²) in [6.45, 7) is 2.08. The average Bonchev–Trinajstić information content (AvgIpc) is 2.87. The first kappa shape index (κ1) is 23.7. The van der Waals surface area contributed by atoms with Crippen LogP contribution in [0.2, 0.25) is 0 Å². The lowest BCUT2D eigenvalue weighted by atomic mass is 10.1. The molecule has 1 amide bonds. The van der Waals surface area contributed by atoms with E-state index in [1.54, 1.807) is 24.3 Å². The van der Waals surface area contributed by atoms with Gasteiger partial charge in [0.1, 0.15) is 12.4 Å². The molecule has 8 nitrogen and oxygen atoms in total. The summed E-state index contributed by atoms with van der Waals surface area (Å²) in [7, 11) is 0. The van der Waals surface area contributed by atoms with Gasteiger partial charge in [-0.1, -0.05) is 31.2 Å². The number of aryl methyl sites for hydroxylation is 1. The van der Waals surface area contributed by atoms with Crippen LogP contribution in [0, 0.1) is 5.82 Å². The van der Waals surface area contributed by atoms with Crippen molar-refractivity contribution in [3.8, 4) is 22.5 Å². The van der Waals surface area contributed by atoms with E-state index in [2.05, 4.69) is 22.4 Å². The maximum atomic E-state index is 13.2. The highest BCUT2D eigenvalue weighted by Crippen LogP contribution is 2.17. The Kier molecular flexibility index (Phi) is 7.25. The van der Waals surface area contributed by atoms with E-state index in [1.165, 1.54) is 34.5 Å². The summed E-state index contributed by atoms with van der Waals surface area (Å²) in [6, 6.07) is 19.6. The van der Waals surface area contributed by atoms with Crippen molar-refractivity contribution >= 4 is 5.91 Å². The smallest absolute Gasteiger partial charge is 0.267 e. The predicted molar refractivity (Wildman–Crippen MR) is 130 cm³/mol. The summed E-state index contributed by atoms with van der Waals surface area (Å²) in [5, 5.41) is 11.3. The fourth-order valence-electron chi connectivity index (χ4n) is 3.50. The van der Waals surface area contributed by atoms with Gasteiger partial charge in [-0.2, -0.15) is 10.2 Å². The largest absolute Gasteiger partial charge is 0.353 e. The summed E-state index contributed by atoms with van der Waals surface area (Å²) in [5.41, 5.74) is 3.09. The number of nitrogens with one attached hydrogen (secondary N) is 1. The molecule has 0 fully saturated rings. The van der Waals surface area contributed by atoms with Crippen LogP contribution in [0.1, 0.15) is 12.5 Å². The van der Waals surface area contributed by atoms with Crippen LogP contribution < -0.4 is 16.4 Å². The highest BCUT2D eigenvalue weighted by atomic mass is 19.1.